The van der Waals surface area contributed by atoms with E-state index in [0.29, 0.717) is 10.7 Å². The molecule has 4 N–H and O–H groups in total. The van der Waals surface area contributed by atoms with E-state index in [1.54, 1.807) is 6.07 Å². The van der Waals surface area contributed by atoms with Gasteiger partial charge in [0, 0.05) is 4.90 Å². The summed E-state index contributed by atoms with van der Waals surface area (Å²) in [7, 11) is 0. The van der Waals surface area contributed by atoms with Gasteiger partial charge in [0.15, 0.2) is 0 Å². The number of aromatic nitrogens is 1. The van der Waals surface area contributed by atoms with Crippen LogP contribution in [0.2, 0.25) is 0 Å². The molecule has 0 saturated heterocycles. The van der Waals surface area contributed by atoms with Crippen molar-refractivity contribution in [2.75, 3.05) is 5.73 Å². The standard InChI is InChI=1S/C13H13N3OS/c1-8-2-4-9(5-3-8)18-13-10(14)6-7-11(16-13)12(15)17/h2-7H,14H2,1H3,(H2,15,17). The molecule has 0 aliphatic rings. The number of amides is 1. The zero-order valence-corrected chi connectivity index (χ0v) is 10.7. The molecule has 92 valence electrons. The minimum atomic E-state index is -0.555. The minimum Gasteiger partial charge on any atom is -0.397 e. The highest BCUT2D eigenvalue weighted by Crippen LogP contribution is 2.30. The first kappa shape index (κ1) is 12.4. The molecule has 0 aliphatic heterocycles. The summed E-state index contributed by atoms with van der Waals surface area (Å²) in [5.41, 5.74) is 13.0. The number of rotatable bonds is 3. The van der Waals surface area contributed by atoms with Crippen molar-refractivity contribution in [3.8, 4) is 0 Å². The number of nitrogen functional groups attached to an aromatic ring is 1. The van der Waals surface area contributed by atoms with E-state index in [1.165, 1.54) is 23.4 Å². The molecule has 18 heavy (non-hydrogen) atoms. The van der Waals surface area contributed by atoms with Gasteiger partial charge in [-0.05, 0) is 31.2 Å². The second kappa shape index (κ2) is 5.10. The molecule has 0 bridgehead atoms. The number of anilines is 1. The lowest BCUT2D eigenvalue weighted by molar-refractivity contribution is 0.0995. The van der Waals surface area contributed by atoms with E-state index in [-0.39, 0.29) is 5.69 Å². The topological polar surface area (TPSA) is 82.0 Å². The fraction of sp³-hybridized carbons (Fsp3) is 0.0769. The van der Waals surface area contributed by atoms with Gasteiger partial charge in [-0.2, -0.15) is 0 Å². The highest BCUT2D eigenvalue weighted by Gasteiger charge is 2.08. The van der Waals surface area contributed by atoms with Gasteiger partial charge in [-0.3, -0.25) is 4.79 Å². The summed E-state index contributed by atoms with van der Waals surface area (Å²) in [4.78, 5) is 16.2. The molecule has 0 unspecified atom stereocenters. The number of carbonyl (C=O) groups excluding carboxylic acids is 1. The van der Waals surface area contributed by atoms with Gasteiger partial charge in [-0.15, -0.1) is 0 Å². The van der Waals surface area contributed by atoms with E-state index in [1.807, 2.05) is 31.2 Å². The molecule has 0 aliphatic carbocycles. The van der Waals surface area contributed by atoms with E-state index < -0.39 is 5.91 Å². The molecule has 0 atom stereocenters. The van der Waals surface area contributed by atoms with Crippen LogP contribution in [-0.2, 0) is 0 Å². The van der Waals surface area contributed by atoms with Gasteiger partial charge < -0.3 is 11.5 Å². The van der Waals surface area contributed by atoms with Crippen molar-refractivity contribution in [3.05, 3.63) is 47.7 Å². The molecule has 1 aromatic carbocycles. The van der Waals surface area contributed by atoms with Gasteiger partial charge in [-0.1, -0.05) is 29.5 Å². The monoisotopic (exact) mass is 259 g/mol. The molecule has 1 amide bonds. The number of nitrogens with zero attached hydrogens (tertiary/aromatic N) is 1. The van der Waals surface area contributed by atoms with Crippen molar-refractivity contribution in [3.63, 3.8) is 0 Å². The largest absolute Gasteiger partial charge is 0.397 e. The van der Waals surface area contributed by atoms with Crippen LogP contribution in [0.5, 0.6) is 0 Å². The van der Waals surface area contributed by atoms with Gasteiger partial charge in [0.05, 0.1) is 5.69 Å². The molecule has 5 heteroatoms. The van der Waals surface area contributed by atoms with Crippen LogP contribution < -0.4 is 11.5 Å². The Kier molecular flexibility index (Phi) is 3.53. The number of nitrogens with two attached hydrogens (primary N) is 2. The molecule has 1 heterocycles. The van der Waals surface area contributed by atoms with Crippen molar-refractivity contribution < 1.29 is 4.79 Å². The summed E-state index contributed by atoms with van der Waals surface area (Å²) < 4.78 is 0. The Balaban J connectivity index is 2.30. The van der Waals surface area contributed by atoms with Gasteiger partial charge in [0.2, 0.25) is 0 Å². The first-order valence-electron chi connectivity index (χ1n) is 5.37. The van der Waals surface area contributed by atoms with E-state index >= 15 is 0 Å². The number of pyridine rings is 1. The number of carbonyl (C=O) groups is 1. The predicted molar refractivity (Wildman–Crippen MR) is 72.5 cm³/mol. The third-order valence-corrected chi connectivity index (χ3v) is 3.41. The fourth-order valence-corrected chi connectivity index (χ4v) is 2.21. The van der Waals surface area contributed by atoms with E-state index in [9.17, 15) is 4.79 Å². The van der Waals surface area contributed by atoms with Crippen LogP contribution in [0.1, 0.15) is 16.1 Å². The van der Waals surface area contributed by atoms with Crippen LogP contribution in [-0.4, -0.2) is 10.9 Å². The van der Waals surface area contributed by atoms with Crippen molar-refractivity contribution in [2.24, 2.45) is 5.73 Å². The first-order chi connectivity index (χ1) is 8.56. The Labute approximate surface area is 109 Å². The molecular formula is C13H13N3OS. The summed E-state index contributed by atoms with van der Waals surface area (Å²) in [5, 5.41) is 0.593. The Morgan fingerprint density at radius 3 is 2.44 bits per heavy atom. The molecule has 4 nitrogen and oxygen atoms in total. The third kappa shape index (κ3) is 2.81. The summed E-state index contributed by atoms with van der Waals surface area (Å²) in [6.45, 7) is 2.02. The quantitative estimate of drug-likeness (QED) is 0.885. The highest BCUT2D eigenvalue weighted by molar-refractivity contribution is 7.99. The zero-order valence-electron chi connectivity index (χ0n) is 9.88. The minimum absolute atomic E-state index is 0.221. The zero-order chi connectivity index (χ0) is 13.1. The molecule has 0 saturated carbocycles. The van der Waals surface area contributed by atoms with Crippen LogP contribution in [0.4, 0.5) is 5.69 Å². The van der Waals surface area contributed by atoms with Crippen LogP contribution in [0.15, 0.2) is 46.3 Å². The average Bonchev–Trinajstić information content (AvgIpc) is 2.34. The fourth-order valence-electron chi connectivity index (χ4n) is 1.39. The van der Waals surface area contributed by atoms with Crippen molar-refractivity contribution in [1.29, 1.82) is 0 Å². The lowest BCUT2D eigenvalue weighted by atomic mass is 10.2. The second-order valence-corrected chi connectivity index (χ2v) is 4.93. The van der Waals surface area contributed by atoms with Crippen molar-refractivity contribution in [2.45, 2.75) is 16.8 Å². The number of hydrogen-bond donors (Lipinski definition) is 2. The summed E-state index contributed by atoms with van der Waals surface area (Å²) in [6.07, 6.45) is 0. The Morgan fingerprint density at radius 2 is 1.83 bits per heavy atom. The van der Waals surface area contributed by atoms with Crippen LogP contribution in [0.3, 0.4) is 0 Å². The Bertz CT molecular complexity index is 581. The van der Waals surface area contributed by atoms with E-state index in [2.05, 4.69) is 4.98 Å². The van der Waals surface area contributed by atoms with Gasteiger partial charge in [0.25, 0.3) is 5.91 Å². The van der Waals surface area contributed by atoms with E-state index in [0.717, 1.165) is 4.90 Å². The van der Waals surface area contributed by atoms with Gasteiger partial charge in [0.1, 0.15) is 10.7 Å². The van der Waals surface area contributed by atoms with Crippen LogP contribution in [0, 0.1) is 6.92 Å². The summed E-state index contributed by atoms with van der Waals surface area (Å²) >= 11 is 1.41. The smallest absolute Gasteiger partial charge is 0.267 e. The maximum Gasteiger partial charge on any atom is 0.267 e. The number of primary amides is 1. The maximum absolute atomic E-state index is 11.1. The van der Waals surface area contributed by atoms with Crippen molar-refractivity contribution in [1.82, 2.24) is 4.98 Å². The Morgan fingerprint density at radius 1 is 1.17 bits per heavy atom. The molecular weight excluding hydrogens is 246 g/mol. The number of hydrogen-bond acceptors (Lipinski definition) is 4. The summed E-state index contributed by atoms with van der Waals surface area (Å²) in [5.74, 6) is -0.555. The molecule has 0 spiro atoms. The van der Waals surface area contributed by atoms with Gasteiger partial charge in [-0.25, -0.2) is 4.98 Å². The lowest BCUT2D eigenvalue weighted by Gasteiger charge is -2.06. The molecule has 0 fully saturated rings. The normalized spacial score (nSPS) is 10.3. The lowest BCUT2D eigenvalue weighted by Crippen LogP contribution is -2.13. The third-order valence-electron chi connectivity index (χ3n) is 2.38. The number of benzene rings is 1. The molecule has 2 aromatic rings. The van der Waals surface area contributed by atoms with E-state index in [4.69, 9.17) is 11.5 Å². The van der Waals surface area contributed by atoms with Crippen LogP contribution in [0.25, 0.3) is 0 Å². The maximum atomic E-state index is 11.1. The second-order valence-electron chi connectivity index (χ2n) is 3.87. The molecule has 1 aromatic heterocycles. The SMILES string of the molecule is Cc1ccc(Sc2nc(C(N)=O)ccc2N)cc1. The molecule has 2 rings (SSSR count). The summed E-state index contributed by atoms with van der Waals surface area (Å²) in [6, 6.07) is 11.2. The van der Waals surface area contributed by atoms with Gasteiger partial charge >= 0.3 is 0 Å². The molecule has 0 radical (unpaired) electrons. The Hall–Kier alpha value is -2.01. The van der Waals surface area contributed by atoms with Crippen LogP contribution >= 0.6 is 11.8 Å². The average molecular weight is 259 g/mol. The van der Waals surface area contributed by atoms with Crippen molar-refractivity contribution >= 4 is 23.4 Å². The highest BCUT2D eigenvalue weighted by atomic mass is 32.2. The predicted octanol–water partition coefficient (Wildman–Crippen LogP) is 2.22. The number of aryl methyl sites for hydroxylation is 1. The first-order valence-corrected chi connectivity index (χ1v) is 6.19.